The number of amides is 1. The summed E-state index contributed by atoms with van der Waals surface area (Å²) < 4.78 is 10.7. The fourth-order valence-corrected chi connectivity index (χ4v) is 2.67. The van der Waals surface area contributed by atoms with E-state index in [1.165, 1.54) is 18.1 Å². The van der Waals surface area contributed by atoms with Gasteiger partial charge in [-0.05, 0) is 36.4 Å². The first-order valence-electron chi connectivity index (χ1n) is 7.27. The van der Waals surface area contributed by atoms with Gasteiger partial charge in [-0.1, -0.05) is 11.8 Å². The number of thioether (sulfide) groups is 1. The summed E-state index contributed by atoms with van der Waals surface area (Å²) in [5.41, 5.74) is 0.885. The molecular formula is C16H16N4O3S. The number of nitrogens with zero attached hydrogens (tertiary/aromatic N) is 2. The lowest BCUT2D eigenvalue weighted by atomic mass is 10.2. The van der Waals surface area contributed by atoms with Crippen molar-refractivity contribution in [3.8, 4) is 17.1 Å². The smallest absolute Gasteiger partial charge is 0.287 e. The van der Waals surface area contributed by atoms with Gasteiger partial charge in [-0.3, -0.25) is 9.89 Å². The summed E-state index contributed by atoms with van der Waals surface area (Å²) in [5.74, 6) is 2.14. The largest absolute Gasteiger partial charge is 0.497 e. The molecule has 0 spiro atoms. The van der Waals surface area contributed by atoms with Gasteiger partial charge >= 0.3 is 0 Å². The average Bonchev–Trinajstić information content (AvgIpc) is 3.30. The summed E-state index contributed by atoms with van der Waals surface area (Å²) in [6, 6.07) is 10.9. The Hall–Kier alpha value is -2.74. The highest BCUT2D eigenvalue weighted by molar-refractivity contribution is 7.99. The Labute approximate surface area is 142 Å². The summed E-state index contributed by atoms with van der Waals surface area (Å²) in [5, 5.41) is 10.0. The molecular weight excluding hydrogens is 328 g/mol. The summed E-state index contributed by atoms with van der Waals surface area (Å²) in [6.45, 7) is 0.503. The van der Waals surface area contributed by atoms with Crippen molar-refractivity contribution in [1.82, 2.24) is 20.5 Å². The second-order valence-corrected chi connectivity index (χ2v) is 5.87. The van der Waals surface area contributed by atoms with E-state index < -0.39 is 0 Å². The molecule has 1 aromatic carbocycles. The van der Waals surface area contributed by atoms with Gasteiger partial charge in [0.25, 0.3) is 5.91 Å². The Balaban J connectivity index is 1.53. The van der Waals surface area contributed by atoms with Crippen LogP contribution in [0.25, 0.3) is 11.3 Å². The number of aromatic amines is 1. The maximum Gasteiger partial charge on any atom is 0.287 e. The molecule has 24 heavy (non-hydrogen) atoms. The molecule has 0 aliphatic heterocycles. The monoisotopic (exact) mass is 344 g/mol. The third kappa shape index (κ3) is 3.96. The summed E-state index contributed by atoms with van der Waals surface area (Å²) in [6.07, 6.45) is 1.45. The predicted octanol–water partition coefficient (Wildman–Crippen LogP) is 2.60. The van der Waals surface area contributed by atoms with Gasteiger partial charge in [0.1, 0.15) is 17.8 Å². The van der Waals surface area contributed by atoms with Gasteiger partial charge in [0.2, 0.25) is 0 Å². The summed E-state index contributed by atoms with van der Waals surface area (Å²) in [7, 11) is 1.62. The molecule has 124 valence electrons. The maximum atomic E-state index is 12.1. The van der Waals surface area contributed by atoms with Crippen LogP contribution in [-0.2, 0) is 0 Å². The first-order valence-corrected chi connectivity index (χ1v) is 8.25. The highest BCUT2D eigenvalue weighted by Crippen LogP contribution is 2.24. The second-order valence-electron chi connectivity index (χ2n) is 4.79. The molecule has 7 nitrogen and oxygen atoms in total. The SMILES string of the molecule is COc1ccc(-c2ccc(C(=O)NCCSc3ncn[nH]3)o2)cc1. The normalized spacial score (nSPS) is 10.5. The van der Waals surface area contributed by atoms with Crippen molar-refractivity contribution in [2.24, 2.45) is 0 Å². The fourth-order valence-electron chi connectivity index (χ4n) is 2.03. The van der Waals surface area contributed by atoms with Gasteiger partial charge in [0.15, 0.2) is 10.9 Å². The van der Waals surface area contributed by atoms with E-state index in [1.807, 2.05) is 24.3 Å². The third-order valence-electron chi connectivity index (χ3n) is 3.22. The molecule has 0 fully saturated rings. The van der Waals surface area contributed by atoms with Crippen LogP contribution in [0.2, 0.25) is 0 Å². The average molecular weight is 344 g/mol. The molecule has 0 radical (unpaired) electrons. The molecule has 2 heterocycles. The van der Waals surface area contributed by atoms with Gasteiger partial charge in [-0.2, -0.15) is 5.10 Å². The van der Waals surface area contributed by atoms with Crippen LogP contribution < -0.4 is 10.1 Å². The lowest BCUT2D eigenvalue weighted by molar-refractivity contribution is 0.0929. The van der Waals surface area contributed by atoms with E-state index in [9.17, 15) is 4.79 Å². The number of hydrogen-bond donors (Lipinski definition) is 2. The van der Waals surface area contributed by atoms with Crippen molar-refractivity contribution in [2.75, 3.05) is 19.4 Å². The van der Waals surface area contributed by atoms with Crippen molar-refractivity contribution in [1.29, 1.82) is 0 Å². The molecule has 3 aromatic rings. The number of hydrogen-bond acceptors (Lipinski definition) is 6. The Morgan fingerprint density at radius 2 is 2.12 bits per heavy atom. The van der Waals surface area contributed by atoms with Gasteiger partial charge in [0.05, 0.1) is 7.11 Å². The van der Waals surface area contributed by atoms with E-state index in [2.05, 4.69) is 20.5 Å². The van der Waals surface area contributed by atoms with Crippen LogP contribution in [0.5, 0.6) is 5.75 Å². The first kappa shape index (κ1) is 16.1. The molecule has 8 heteroatoms. The minimum Gasteiger partial charge on any atom is -0.497 e. The minimum atomic E-state index is -0.243. The molecule has 3 rings (SSSR count). The molecule has 2 N–H and O–H groups in total. The lowest BCUT2D eigenvalue weighted by Gasteiger charge is -2.02. The first-order chi connectivity index (χ1) is 11.8. The van der Waals surface area contributed by atoms with E-state index in [-0.39, 0.29) is 11.7 Å². The van der Waals surface area contributed by atoms with Gasteiger partial charge in [-0.15, -0.1) is 0 Å². The standard InChI is InChI=1S/C16H16N4O3S/c1-22-12-4-2-11(3-5-12)13-6-7-14(23-13)15(21)17-8-9-24-16-18-10-19-20-16/h2-7,10H,8-9H2,1H3,(H,17,21)(H,18,19,20). The van der Waals surface area contributed by atoms with Crippen molar-refractivity contribution < 1.29 is 13.9 Å². The van der Waals surface area contributed by atoms with Crippen LogP contribution in [0.4, 0.5) is 0 Å². The second kappa shape index (κ2) is 7.69. The van der Waals surface area contributed by atoms with Crippen molar-refractivity contribution in [2.45, 2.75) is 5.16 Å². The van der Waals surface area contributed by atoms with Crippen molar-refractivity contribution in [3.05, 3.63) is 48.5 Å². The molecule has 2 aromatic heterocycles. The Morgan fingerprint density at radius 3 is 2.83 bits per heavy atom. The highest BCUT2D eigenvalue weighted by Gasteiger charge is 2.12. The Kier molecular flexibility index (Phi) is 5.17. The topological polar surface area (TPSA) is 93.0 Å². The van der Waals surface area contributed by atoms with Crippen LogP contribution >= 0.6 is 11.8 Å². The van der Waals surface area contributed by atoms with Crippen LogP contribution in [0.3, 0.4) is 0 Å². The van der Waals surface area contributed by atoms with E-state index in [4.69, 9.17) is 9.15 Å². The molecule has 0 aliphatic rings. The highest BCUT2D eigenvalue weighted by atomic mass is 32.2. The predicted molar refractivity (Wildman–Crippen MR) is 90.1 cm³/mol. The van der Waals surface area contributed by atoms with Gasteiger partial charge in [0, 0.05) is 17.9 Å². The van der Waals surface area contributed by atoms with Gasteiger partial charge in [-0.25, -0.2) is 4.98 Å². The summed E-state index contributed by atoms with van der Waals surface area (Å²) >= 11 is 1.48. The number of benzene rings is 1. The molecule has 0 aliphatic carbocycles. The van der Waals surface area contributed by atoms with Gasteiger partial charge < -0.3 is 14.5 Å². The van der Waals surface area contributed by atoms with E-state index >= 15 is 0 Å². The minimum absolute atomic E-state index is 0.243. The molecule has 0 bridgehead atoms. The van der Waals surface area contributed by atoms with E-state index in [0.29, 0.717) is 18.1 Å². The molecule has 0 saturated heterocycles. The van der Waals surface area contributed by atoms with E-state index in [0.717, 1.165) is 16.5 Å². The Morgan fingerprint density at radius 1 is 1.29 bits per heavy atom. The number of furan rings is 1. The fraction of sp³-hybridized carbons (Fsp3) is 0.188. The number of carbonyl (C=O) groups excluding carboxylic acids is 1. The number of rotatable bonds is 7. The molecule has 0 atom stereocenters. The quantitative estimate of drug-likeness (QED) is 0.505. The zero-order valence-electron chi connectivity index (χ0n) is 13.0. The van der Waals surface area contributed by atoms with Crippen LogP contribution in [0, 0.1) is 0 Å². The number of methoxy groups -OCH3 is 1. The maximum absolute atomic E-state index is 12.1. The van der Waals surface area contributed by atoms with Crippen molar-refractivity contribution >= 4 is 17.7 Å². The molecule has 0 unspecified atom stereocenters. The molecule has 1 amide bonds. The third-order valence-corrected chi connectivity index (χ3v) is 4.10. The number of ether oxygens (including phenoxy) is 1. The van der Waals surface area contributed by atoms with Crippen LogP contribution in [0.15, 0.2) is 52.3 Å². The zero-order chi connectivity index (χ0) is 16.8. The van der Waals surface area contributed by atoms with Crippen molar-refractivity contribution in [3.63, 3.8) is 0 Å². The van der Waals surface area contributed by atoms with Crippen LogP contribution in [0.1, 0.15) is 10.6 Å². The number of carbonyl (C=O) groups is 1. The summed E-state index contributed by atoms with van der Waals surface area (Å²) in [4.78, 5) is 16.1. The molecule has 0 saturated carbocycles. The van der Waals surface area contributed by atoms with Crippen LogP contribution in [-0.4, -0.2) is 40.5 Å². The number of nitrogens with one attached hydrogen (secondary N) is 2. The zero-order valence-corrected chi connectivity index (χ0v) is 13.8. The van der Waals surface area contributed by atoms with E-state index in [1.54, 1.807) is 19.2 Å². The lowest BCUT2D eigenvalue weighted by Crippen LogP contribution is -2.25. The number of H-pyrrole nitrogens is 1. The number of aromatic nitrogens is 3. The Bertz CT molecular complexity index is 784.